The summed E-state index contributed by atoms with van der Waals surface area (Å²) in [7, 11) is 0. The van der Waals surface area contributed by atoms with E-state index in [1.54, 1.807) is 0 Å². The molecule has 0 radical (unpaired) electrons. The second-order valence-corrected chi connectivity index (χ2v) is 6.54. The van der Waals surface area contributed by atoms with Crippen LogP contribution in [0.5, 0.6) is 0 Å². The minimum Gasteiger partial charge on any atom is -0.378 e. The number of hydrogen-bond donors (Lipinski definition) is 1. The first-order chi connectivity index (χ1) is 8.56. The zero-order valence-electron chi connectivity index (χ0n) is 10.4. The zero-order chi connectivity index (χ0) is 13.1. The summed E-state index contributed by atoms with van der Waals surface area (Å²) in [5, 5.41) is 3.55. The van der Waals surface area contributed by atoms with Crippen molar-refractivity contribution in [3.8, 4) is 0 Å². The summed E-state index contributed by atoms with van der Waals surface area (Å²) in [6.07, 6.45) is 0. The molecule has 0 saturated heterocycles. The average Bonchev–Trinajstić information content (AvgIpc) is 2.33. The maximum Gasteiger partial charge on any atom is 0.0485 e. The molecule has 0 spiro atoms. The maximum atomic E-state index is 3.55. The van der Waals surface area contributed by atoms with Gasteiger partial charge in [-0.1, -0.05) is 28.1 Å². The molecule has 3 heteroatoms. The van der Waals surface area contributed by atoms with Gasteiger partial charge in [0, 0.05) is 19.8 Å². The average molecular weight is 416 g/mol. The van der Waals surface area contributed by atoms with Gasteiger partial charge >= 0.3 is 0 Å². The van der Waals surface area contributed by atoms with Crippen LogP contribution in [0, 0.1) is 10.5 Å². The van der Waals surface area contributed by atoms with E-state index in [2.05, 4.69) is 100 Å². The zero-order valence-corrected chi connectivity index (χ0v) is 14.1. The van der Waals surface area contributed by atoms with E-state index in [9.17, 15) is 0 Å². The number of nitrogens with one attached hydrogen (secondary N) is 1. The maximum absolute atomic E-state index is 3.55. The summed E-state index contributed by atoms with van der Waals surface area (Å²) in [4.78, 5) is 0. The van der Waals surface area contributed by atoms with Crippen molar-refractivity contribution >= 4 is 44.2 Å². The molecule has 0 bridgehead atoms. The number of anilines is 1. The molecule has 2 aromatic rings. The molecule has 18 heavy (non-hydrogen) atoms. The molecule has 1 atom stereocenters. The summed E-state index contributed by atoms with van der Waals surface area (Å²) in [6, 6.07) is 15.2. The molecule has 94 valence electrons. The molecule has 2 rings (SSSR count). The van der Waals surface area contributed by atoms with Crippen LogP contribution in [0.1, 0.15) is 24.1 Å². The van der Waals surface area contributed by atoms with Crippen LogP contribution in [-0.2, 0) is 0 Å². The lowest BCUT2D eigenvalue weighted by Gasteiger charge is -2.17. The largest absolute Gasteiger partial charge is 0.378 e. The first kappa shape index (κ1) is 13.9. The molecular formula is C15H15BrIN. The molecule has 0 aliphatic carbocycles. The van der Waals surface area contributed by atoms with Crippen molar-refractivity contribution in [1.82, 2.24) is 0 Å². The summed E-state index contributed by atoms with van der Waals surface area (Å²) in [5.74, 6) is 0. The van der Waals surface area contributed by atoms with Gasteiger partial charge in [-0.25, -0.2) is 0 Å². The molecule has 0 amide bonds. The van der Waals surface area contributed by atoms with E-state index in [0.717, 1.165) is 4.47 Å². The van der Waals surface area contributed by atoms with E-state index in [4.69, 9.17) is 0 Å². The van der Waals surface area contributed by atoms with Crippen LogP contribution in [0.25, 0.3) is 0 Å². The first-order valence-electron chi connectivity index (χ1n) is 5.84. The highest BCUT2D eigenvalue weighted by Crippen LogP contribution is 2.25. The number of aryl methyl sites for hydroxylation is 1. The molecule has 0 aliphatic heterocycles. The lowest BCUT2D eigenvalue weighted by atomic mass is 10.1. The van der Waals surface area contributed by atoms with Crippen LogP contribution in [0.2, 0.25) is 0 Å². The Morgan fingerprint density at radius 2 is 1.78 bits per heavy atom. The quantitative estimate of drug-likeness (QED) is 0.649. The van der Waals surface area contributed by atoms with Crippen molar-refractivity contribution < 1.29 is 0 Å². The number of benzene rings is 2. The van der Waals surface area contributed by atoms with E-state index >= 15 is 0 Å². The SMILES string of the molecule is Cc1cc(Br)ccc1NC(C)c1ccc(I)cc1. The van der Waals surface area contributed by atoms with Crippen LogP contribution in [0.4, 0.5) is 5.69 Å². The van der Waals surface area contributed by atoms with Gasteiger partial charge in [-0.2, -0.15) is 0 Å². The summed E-state index contributed by atoms with van der Waals surface area (Å²) < 4.78 is 2.39. The molecule has 1 unspecified atom stereocenters. The number of halogens is 2. The van der Waals surface area contributed by atoms with E-state index in [-0.39, 0.29) is 0 Å². The van der Waals surface area contributed by atoms with Crippen LogP contribution in [0.15, 0.2) is 46.9 Å². The Labute approximate surface area is 130 Å². The van der Waals surface area contributed by atoms with Crippen LogP contribution in [-0.4, -0.2) is 0 Å². The van der Waals surface area contributed by atoms with Gasteiger partial charge in [0.2, 0.25) is 0 Å². The Bertz CT molecular complexity index is 537. The van der Waals surface area contributed by atoms with Gasteiger partial charge in [0.25, 0.3) is 0 Å². The highest BCUT2D eigenvalue weighted by molar-refractivity contribution is 14.1. The third kappa shape index (κ3) is 3.48. The lowest BCUT2D eigenvalue weighted by molar-refractivity contribution is 0.882. The number of hydrogen-bond acceptors (Lipinski definition) is 1. The van der Waals surface area contributed by atoms with Crippen molar-refractivity contribution in [1.29, 1.82) is 0 Å². The van der Waals surface area contributed by atoms with Gasteiger partial charge < -0.3 is 5.32 Å². The van der Waals surface area contributed by atoms with Crippen molar-refractivity contribution in [2.75, 3.05) is 5.32 Å². The second kappa shape index (κ2) is 6.06. The monoisotopic (exact) mass is 415 g/mol. The Balaban J connectivity index is 2.15. The highest BCUT2D eigenvalue weighted by Gasteiger charge is 2.06. The Kier molecular flexibility index (Phi) is 4.67. The molecule has 0 heterocycles. The Morgan fingerprint density at radius 1 is 1.11 bits per heavy atom. The lowest BCUT2D eigenvalue weighted by Crippen LogP contribution is -2.07. The fourth-order valence-electron chi connectivity index (χ4n) is 1.86. The van der Waals surface area contributed by atoms with Crippen LogP contribution < -0.4 is 5.32 Å². The first-order valence-corrected chi connectivity index (χ1v) is 7.71. The van der Waals surface area contributed by atoms with E-state index in [1.165, 1.54) is 20.4 Å². The van der Waals surface area contributed by atoms with Crippen molar-refractivity contribution in [2.24, 2.45) is 0 Å². The minimum absolute atomic E-state index is 0.307. The predicted octanol–water partition coefficient (Wildman–Crippen LogP) is 5.54. The highest BCUT2D eigenvalue weighted by atomic mass is 127. The van der Waals surface area contributed by atoms with Gasteiger partial charge in [0.15, 0.2) is 0 Å². The topological polar surface area (TPSA) is 12.0 Å². The Hall–Kier alpha value is -0.550. The Morgan fingerprint density at radius 3 is 2.39 bits per heavy atom. The predicted molar refractivity (Wildman–Crippen MR) is 90.1 cm³/mol. The van der Waals surface area contributed by atoms with Gasteiger partial charge in [0.05, 0.1) is 0 Å². The minimum atomic E-state index is 0.307. The third-order valence-corrected chi connectivity index (χ3v) is 4.14. The third-order valence-electron chi connectivity index (χ3n) is 2.93. The normalized spacial score (nSPS) is 12.2. The fraction of sp³-hybridized carbons (Fsp3) is 0.200. The van der Waals surface area contributed by atoms with Crippen molar-refractivity contribution in [2.45, 2.75) is 19.9 Å². The molecule has 0 aliphatic rings. The summed E-state index contributed by atoms with van der Waals surface area (Å²) in [6.45, 7) is 4.30. The number of rotatable bonds is 3. The molecule has 0 saturated carbocycles. The van der Waals surface area contributed by atoms with E-state index < -0.39 is 0 Å². The summed E-state index contributed by atoms with van der Waals surface area (Å²) >= 11 is 5.81. The van der Waals surface area contributed by atoms with Crippen LogP contribution in [0.3, 0.4) is 0 Å². The van der Waals surface area contributed by atoms with Crippen LogP contribution >= 0.6 is 38.5 Å². The van der Waals surface area contributed by atoms with E-state index in [0.29, 0.717) is 6.04 Å². The van der Waals surface area contributed by atoms with Gasteiger partial charge in [-0.3, -0.25) is 0 Å². The van der Waals surface area contributed by atoms with Gasteiger partial charge in [-0.15, -0.1) is 0 Å². The molecule has 1 nitrogen and oxygen atoms in total. The smallest absolute Gasteiger partial charge is 0.0485 e. The van der Waals surface area contributed by atoms with Gasteiger partial charge in [-0.05, 0) is 77.9 Å². The molecule has 1 N–H and O–H groups in total. The summed E-state index contributed by atoms with van der Waals surface area (Å²) in [5.41, 5.74) is 3.74. The molecule has 0 fully saturated rings. The molecule has 0 aromatic heterocycles. The fourth-order valence-corrected chi connectivity index (χ4v) is 2.69. The van der Waals surface area contributed by atoms with Crippen molar-refractivity contribution in [3.63, 3.8) is 0 Å². The standard InChI is InChI=1S/C15H15BrIN/c1-10-9-13(16)5-8-15(10)18-11(2)12-3-6-14(17)7-4-12/h3-9,11,18H,1-2H3. The molecule has 2 aromatic carbocycles. The second-order valence-electron chi connectivity index (χ2n) is 4.38. The van der Waals surface area contributed by atoms with E-state index in [1.807, 2.05) is 0 Å². The van der Waals surface area contributed by atoms with Gasteiger partial charge in [0.1, 0.15) is 0 Å². The molecular weight excluding hydrogens is 401 g/mol. The van der Waals surface area contributed by atoms with Crippen molar-refractivity contribution in [3.05, 3.63) is 61.6 Å².